The molecule has 1 N–H and O–H groups in total. The molecule has 25 heavy (non-hydrogen) atoms. The molecule has 8 heteroatoms. The molecule has 1 saturated carbocycles. The number of carbonyl (C=O) groups is 2. The molecule has 0 bridgehead atoms. The lowest BCUT2D eigenvalue weighted by atomic mass is 9.86. The molecule has 1 amide bonds. The van der Waals surface area contributed by atoms with E-state index >= 15 is 0 Å². The lowest BCUT2D eigenvalue weighted by Gasteiger charge is -2.29. The van der Waals surface area contributed by atoms with Crippen LogP contribution >= 0.6 is 34.8 Å². The minimum absolute atomic E-state index is 0.145. The molecule has 0 radical (unpaired) electrons. The Balaban J connectivity index is 1.73. The Morgan fingerprint density at radius 3 is 2.48 bits per heavy atom. The first-order chi connectivity index (χ1) is 11.9. The Bertz CT molecular complexity index is 639. The summed E-state index contributed by atoms with van der Waals surface area (Å²) in [6, 6.07) is 2.98. The van der Waals surface area contributed by atoms with Gasteiger partial charge in [-0.25, -0.2) is 4.79 Å². The largest absolute Gasteiger partial charge is 0.480 e. The van der Waals surface area contributed by atoms with E-state index in [2.05, 4.69) is 12.2 Å². The second-order valence-corrected chi connectivity index (χ2v) is 7.30. The number of halogens is 3. The maximum absolute atomic E-state index is 11.9. The molecule has 0 aromatic heterocycles. The van der Waals surface area contributed by atoms with Gasteiger partial charge in [-0.3, -0.25) is 4.79 Å². The highest BCUT2D eigenvalue weighted by Crippen LogP contribution is 2.33. The lowest BCUT2D eigenvalue weighted by molar-refractivity contribution is -0.150. The van der Waals surface area contributed by atoms with E-state index < -0.39 is 5.97 Å². The second kappa shape index (κ2) is 9.51. The van der Waals surface area contributed by atoms with Crippen LogP contribution in [0.4, 0.5) is 0 Å². The fourth-order valence-electron chi connectivity index (χ4n) is 2.72. The lowest BCUT2D eigenvalue weighted by Crippen LogP contribution is -2.43. The maximum atomic E-state index is 11.9. The van der Waals surface area contributed by atoms with Crippen LogP contribution in [-0.4, -0.2) is 31.1 Å². The van der Waals surface area contributed by atoms with Crippen molar-refractivity contribution in [1.82, 2.24) is 5.32 Å². The fourth-order valence-corrected chi connectivity index (χ4v) is 3.31. The van der Waals surface area contributed by atoms with Gasteiger partial charge in [0, 0.05) is 12.1 Å². The Labute approximate surface area is 161 Å². The average Bonchev–Trinajstić information content (AvgIpc) is 2.57. The zero-order valence-corrected chi connectivity index (χ0v) is 16.1. The predicted molar refractivity (Wildman–Crippen MR) is 97.5 cm³/mol. The minimum Gasteiger partial charge on any atom is -0.480 e. The Hall–Kier alpha value is -1.17. The highest BCUT2D eigenvalue weighted by atomic mass is 35.5. The number of rotatable bonds is 6. The summed E-state index contributed by atoms with van der Waals surface area (Å²) in [6.45, 7) is 1.40. The van der Waals surface area contributed by atoms with Gasteiger partial charge in [0.15, 0.2) is 13.2 Å². The number of benzene rings is 1. The number of hydrogen-bond acceptors (Lipinski definition) is 4. The molecular weight excluding hydrogens is 389 g/mol. The summed E-state index contributed by atoms with van der Waals surface area (Å²) < 4.78 is 10.2. The zero-order chi connectivity index (χ0) is 18.4. The van der Waals surface area contributed by atoms with Crippen molar-refractivity contribution in [3.8, 4) is 5.75 Å². The first-order valence-corrected chi connectivity index (χ1v) is 9.22. The molecule has 138 valence electrons. The summed E-state index contributed by atoms with van der Waals surface area (Å²) in [5, 5.41) is 3.69. The molecule has 1 aliphatic rings. The molecule has 5 nitrogen and oxygen atoms in total. The Kier molecular flexibility index (Phi) is 7.66. The first-order valence-electron chi connectivity index (χ1n) is 8.09. The molecule has 0 aliphatic heterocycles. The van der Waals surface area contributed by atoms with Gasteiger partial charge in [-0.05, 0) is 24.8 Å². The number of ether oxygens (including phenoxy) is 2. The third-order valence-electron chi connectivity index (χ3n) is 4.14. The van der Waals surface area contributed by atoms with Crippen molar-refractivity contribution in [2.24, 2.45) is 5.92 Å². The van der Waals surface area contributed by atoms with Crippen LogP contribution < -0.4 is 10.1 Å². The standard InChI is InChI=1S/C17H20Cl3NO4/c1-10-4-2-3-5-14(10)21-16(22)8-25-17(23)9-24-15-7-12(19)11(18)6-13(15)20/h6-7,10,14H,2-5,8-9H2,1H3,(H,21,22)/t10-,14+/m0/s1. The van der Waals surface area contributed by atoms with Gasteiger partial charge in [-0.2, -0.15) is 0 Å². The molecule has 1 aromatic carbocycles. The van der Waals surface area contributed by atoms with Gasteiger partial charge in [0.2, 0.25) is 0 Å². The van der Waals surface area contributed by atoms with Gasteiger partial charge in [0.05, 0.1) is 15.1 Å². The molecule has 1 aliphatic carbocycles. The van der Waals surface area contributed by atoms with E-state index in [9.17, 15) is 9.59 Å². The van der Waals surface area contributed by atoms with Crippen molar-refractivity contribution in [3.05, 3.63) is 27.2 Å². The number of nitrogens with one attached hydrogen (secondary N) is 1. The average molecular weight is 409 g/mol. The van der Waals surface area contributed by atoms with Crippen LogP contribution in [0.1, 0.15) is 32.6 Å². The van der Waals surface area contributed by atoms with Gasteiger partial charge in [0.1, 0.15) is 5.75 Å². The molecule has 0 unspecified atom stereocenters. The van der Waals surface area contributed by atoms with E-state index in [1.54, 1.807) is 0 Å². The summed E-state index contributed by atoms with van der Waals surface area (Å²) in [5.41, 5.74) is 0. The maximum Gasteiger partial charge on any atom is 0.344 e. The molecule has 0 saturated heterocycles. The molecule has 0 heterocycles. The minimum atomic E-state index is -0.672. The van der Waals surface area contributed by atoms with Crippen molar-refractivity contribution >= 4 is 46.7 Å². The molecular formula is C17H20Cl3NO4. The van der Waals surface area contributed by atoms with Gasteiger partial charge in [-0.15, -0.1) is 0 Å². The smallest absolute Gasteiger partial charge is 0.344 e. The van der Waals surface area contributed by atoms with E-state index in [0.717, 1.165) is 19.3 Å². The summed E-state index contributed by atoms with van der Waals surface area (Å²) >= 11 is 17.6. The van der Waals surface area contributed by atoms with Crippen LogP contribution in [0.5, 0.6) is 5.75 Å². The van der Waals surface area contributed by atoms with Crippen LogP contribution in [0, 0.1) is 5.92 Å². The van der Waals surface area contributed by atoms with E-state index in [1.165, 1.54) is 18.6 Å². The van der Waals surface area contributed by atoms with Crippen LogP contribution in [0.2, 0.25) is 15.1 Å². The van der Waals surface area contributed by atoms with Crippen LogP contribution in [0.15, 0.2) is 12.1 Å². The van der Waals surface area contributed by atoms with Crippen LogP contribution in [0.3, 0.4) is 0 Å². The van der Waals surface area contributed by atoms with E-state index in [4.69, 9.17) is 44.3 Å². The second-order valence-electron chi connectivity index (χ2n) is 6.08. The SMILES string of the molecule is C[C@H]1CCCC[C@H]1NC(=O)COC(=O)COc1cc(Cl)c(Cl)cc1Cl. The topological polar surface area (TPSA) is 64.6 Å². The monoisotopic (exact) mass is 407 g/mol. The third kappa shape index (κ3) is 6.24. The van der Waals surface area contributed by atoms with Crippen LogP contribution in [0.25, 0.3) is 0 Å². The summed E-state index contributed by atoms with van der Waals surface area (Å²) in [5.74, 6) is -0.323. The Morgan fingerprint density at radius 2 is 1.76 bits per heavy atom. The first kappa shape index (κ1) is 20.1. The van der Waals surface area contributed by atoms with E-state index in [1.807, 2.05) is 0 Å². The van der Waals surface area contributed by atoms with Gasteiger partial charge >= 0.3 is 5.97 Å². The zero-order valence-electron chi connectivity index (χ0n) is 13.8. The number of carbonyl (C=O) groups excluding carboxylic acids is 2. The molecule has 2 rings (SSSR count). The van der Waals surface area contributed by atoms with Crippen molar-refractivity contribution in [2.45, 2.75) is 38.6 Å². The third-order valence-corrected chi connectivity index (χ3v) is 5.16. The van der Waals surface area contributed by atoms with Gasteiger partial charge in [-0.1, -0.05) is 54.6 Å². The Morgan fingerprint density at radius 1 is 1.08 bits per heavy atom. The quantitative estimate of drug-likeness (QED) is 0.564. The summed E-state index contributed by atoms with van der Waals surface area (Å²) in [6.07, 6.45) is 4.35. The fraction of sp³-hybridized carbons (Fsp3) is 0.529. The predicted octanol–water partition coefficient (Wildman–Crippen LogP) is 4.26. The number of hydrogen-bond donors (Lipinski definition) is 1. The van der Waals surface area contributed by atoms with E-state index in [-0.39, 0.29) is 46.0 Å². The summed E-state index contributed by atoms with van der Waals surface area (Å²) in [4.78, 5) is 23.6. The molecule has 0 spiro atoms. The highest BCUT2D eigenvalue weighted by molar-refractivity contribution is 6.43. The summed E-state index contributed by atoms with van der Waals surface area (Å²) in [7, 11) is 0. The van der Waals surface area contributed by atoms with Crippen molar-refractivity contribution < 1.29 is 19.1 Å². The molecule has 1 fully saturated rings. The van der Waals surface area contributed by atoms with Crippen LogP contribution in [-0.2, 0) is 14.3 Å². The number of esters is 1. The van der Waals surface area contributed by atoms with E-state index in [0.29, 0.717) is 5.92 Å². The molecule has 1 aromatic rings. The normalized spacial score (nSPS) is 20.0. The number of amides is 1. The van der Waals surface area contributed by atoms with Crippen molar-refractivity contribution in [2.75, 3.05) is 13.2 Å². The molecule has 2 atom stereocenters. The van der Waals surface area contributed by atoms with Crippen molar-refractivity contribution in [3.63, 3.8) is 0 Å². The van der Waals surface area contributed by atoms with Crippen molar-refractivity contribution in [1.29, 1.82) is 0 Å². The van der Waals surface area contributed by atoms with Gasteiger partial charge < -0.3 is 14.8 Å². The highest BCUT2D eigenvalue weighted by Gasteiger charge is 2.23. The van der Waals surface area contributed by atoms with Gasteiger partial charge in [0.25, 0.3) is 5.91 Å².